The first-order valence-corrected chi connectivity index (χ1v) is 8.22. The maximum atomic E-state index is 11.9. The molecule has 1 aromatic heterocycles. The van der Waals surface area contributed by atoms with Crippen molar-refractivity contribution in [1.82, 2.24) is 5.32 Å². The fourth-order valence-corrected chi connectivity index (χ4v) is 2.27. The molecule has 1 N–H and O–H groups in total. The van der Waals surface area contributed by atoms with Gasteiger partial charge in [0, 0.05) is 11.6 Å². The number of hydrogen-bond acceptors (Lipinski definition) is 4. The first-order chi connectivity index (χ1) is 9.29. The van der Waals surface area contributed by atoms with Crippen molar-refractivity contribution in [2.75, 3.05) is 6.26 Å². The normalized spacial score (nSPS) is 14.9. The molecule has 0 saturated heterocycles. The van der Waals surface area contributed by atoms with E-state index in [2.05, 4.69) is 5.32 Å². The maximum absolute atomic E-state index is 11.9. The summed E-state index contributed by atoms with van der Waals surface area (Å²) in [5, 5.41) is 2.52. The van der Waals surface area contributed by atoms with E-state index in [-0.39, 0.29) is 6.04 Å². The summed E-state index contributed by atoms with van der Waals surface area (Å²) in [5.41, 5.74) is 0.736. The second kappa shape index (κ2) is 5.28. The van der Waals surface area contributed by atoms with Gasteiger partial charge in [0.1, 0.15) is 16.6 Å². The van der Waals surface area contributed by atoms with Crippen LogP contribution < -0.4 is 5.32 Å². The monoisotopic (exact) mass is 295 g/mol. The lowest BCUT2D eigenvalue weighted by Gasteiger charge is -2.14. The molecule has 108 valence electrons. The Morgan fingerprint density at radius 2 is 1.90 bits per heavy atom. The van der Waals surface area contributed by atoms with E-state index in [1.165, 1.54) is 6.92 Å². The SMILES string of the molecule is C[C@H](NC(=O)[C@@H](C)S(C)(=O)=O)c1cc2ccccc2o1. The van der Waals surface area contributed by atoms with Crippen LogP contribution in [0.3, 0.4) is 0 Å². The summed E-state index contributed by atoms with van der Waals surface area (Å²) in [6, 6.07) is 8.97. The molecule has 20 heavy (non-hydrogen) atoms. The van der Waals surface area contributed by atoms with Crippen molar-refractivity contribution in [3.8, 4) is 0 Å². The smallest absolute Gasteiger partial charge is 0.238 e. The maximum Gasteiger partial charge on any atom is 0.238 e. The number of benzene rings is 1. The van der Waals surface area contributed by atoms with Crippen LogP contribution in [0.1, 0.15) is 25.6 Å². The zero-order valence-corrected chi connectivity index (χ0v) is 12.4. The molecule has 0 aliphatic carbocycles. The van der Waals surface area contributed by atoms with E-state index in [4.69, 9.17) is 4.42 Å². The van der Waals surface area contributed by atoms with Crippen LogP contribution in [0.15, 0.2) is 34.7 Å². The molecule has 2 rings (SSSR count). The molecule has 2 aromatic rings. The first kappa shape index (κ1) is 14.6. The number of furan rings is 1. The predicted octanol–water partition coefficient (Wildman–Crippen LogP) is 2.04. The molecule has 0 saturated carbocycles. The largest absolute Gasteiger partial charge is 0.459 e. The number of hydrogen-bond donors (Lipinski definition) is 1. The predicted molar refractivity (Wildman–Crippen MR) is 77.1 cm³/mol. The van der Waals surface area contributed by atoms with Gasteiger partial charge in [-0.15, -0.1) is 0 Å². The highest BCUT2D eigenvalue weighted by molar-refractivity contribution is 7.92. The number of sulfone groups is 1. The standard InChI is InChI=1S/C14H17NO4S/c1-9(15-14(16)10(2)20(3,17)18)13-8-11-6-4-5-7-12(11)19-13/h4-10H,1-3H3,(H,15,16)/t9-,10+/m0/s1. The van der Waals surface area contributed by atoms with Crippen LogP contribution in [0.2, 0.25) is 0 Å². The Hall–Kier alpha value is -1.82. The number of fused-ring (bicyclic) bond motifs is 1. The van der Waals surface area contributed by atoms with E-state index >= 15 is 0 Å². The minimum atomic E-state index is -3.40. The lowest BCUT2D eigenvalue weighted by Crippen LogP contribution is -2.38. The van der Waals surface area contributed by atoms with Crippen LogP contribution in [0.5, 0.6) is 0 Å². The second-order valence-corrected chi connectivity index (χ2v) is 7.25. The molecule has 0 radical (unpaired) electrons. The highest BCUT2D eigenvalue weighted by atomic mass is 32.2. The number of carbonyl (C=O) groups excluding carboxylic acids is 1. The van der Waals surface area contributed by atoms with E-state index in [0.29, 0.717) is 5.76 Å². The van der Waals surface area contributed by atoms with Gasteiger partial charge in [-0.2, -0.15) is 0 Å². The minimum absolute atomic E-state index is 0.390. The molecule has 1 heterocycles. The minimum Gasteiger partial charge on any atom is -0.459 e. The molecular formula is C14H17NO4S. The van der Waals surface area contributed by atoms with E-state index in [1.54, 1.807) is 6.92 Å². The number of rotatable bonds is 4. The van der Waals surface area contributed by atoms with Crippen molar-refractivity contribution in [2.45, 2.75) is 25.1 Å². The zero-order valence-electron chi connectivity index (χ0n) is 11.6. The summed E-state index contributed by atoms with van der Waals surface area (Å²) in [5.74, 6) is 0.0701. The van der Waals surface area contributed by atoms with Gasteiger partial charge < -0.3 is 9.73 Å². The fourth-order valence-electron chi connectivity index (χ4n) is 1.81. The molecule has 0 aliphatic heterocycles. The van der Waals surface area contributed by atoms with Gasteiger partial charge in [0.2, 0.25) is 5.91 Å². The Morgan fingerprint density at radius 3 is 2.50 bits per heavy atom. The second-order valence-electron chi connectivity index (χ2n) is 4.89. The third-order valence-electron chi connectivity index (χ3n) is 3.24. The van der Waals surface area contributed by atoms with Crippen molar-refractivity contribution < 1.29 is 17.6 Å². The van der Waals surface area contributed by atoms with Crippen molar-refractivity contribution in [1.29, 1.82) is 0 Å². The summed E-state index contributed by atoms with van der Waals surface area (Å²) < 4.78 is 28.3. The fraction of sp³-hybridized carbons (Fsp3) is 0.357. The zero-order chi connectivity index (χ0) is 14.9. The van der Waals surface area contributed by atoms with Gasteiger partial charge in [-0.1, -0.05) is 18.2 Å². The third kappa shape index (κ3) is 3.01. The number of amides is 1. The molecular weight excluding hydrogens is 278 g/mol. The average molecular weight is 295 g/mol. The van der Waals surface area contributed by atoms with Gasteiger partial charge in [0.05, 0.1) is 6.04 Å². The van der Waals surface area contributed by atoms with Crippen molar-refractivity contribution in [2.24, 2.45) is 0 Å². The summed E-state index contributed by atoms with van der Waals surface area (Å²) in [6.45, 7) is 3.13. The van der Waals surface area contributed by atoms with Crippen LogP contribution in [-0.4, -0.2) is 25.8 Å². The summed E-state index contributed by atoms with van der Waals surface area (Å²) >= 11 is 0. The molecule has 0 unspecified atom stereocenters. The first-order valence-electron chi connectivity index (χ1n) is 6.27. The summed E-state index contributed by atoms with van der Waals surface area (Å²) in [4.78, 5) is 11.9. The summed E-state index contributed by atoms with van der Waals surface area (Å²) in [6.07, 6.45) is 1.04. The van der Waals surface area contributed by atoms with Crippen molar-refractivity contribution in [3.05, 3.63) is 36.1 Å². The van der Waals surface area contributed by atoms with Crippen LogP contribution in [0, 0.1) is 0 Å². The summed E-state index contributed by atoms with van der Waals surface area (Å²) in [7, 11) is -3.40. The average Bonchev–Trinajstić information content (AvgIpc) is 2.80. The van der Waals surface area contributed by atoms with Gasteiger partial charge in [0.15, 0.2) is 9.84 Å². The Morgan fingerprint density at radius 1 is 1.25 bits per heavy atom. The molecule has 1 aromatic carbocycles. The topological polar surface area (TPSA) is 76.4 Å². The number of carbonyl (C=O) groups is 1. The lowest BCUT2D eigenvalue weighted by molar-refractivity contribution is -0.121. The Kier molecular flexibility index (Phi) is 3.85. The van der Waals surface area contributed by atoms with E-state index < -0.39 is 21.0 Å². The highest BCUT2D eigenvalue weighted by Crippen LogP contribution is 2.23. The van der Waals surface area contributed by atoms with Crippen molar-refractivity contribution >= 4 is 26.7 Å². The molecule has 0 spiro atoms. The molecule has 0 fully saturated rings. The third-order valence-corrected chi connectivity index (χ3v) is 4.74. The van der Waals surface area contributed by atoms with E-state index in [1.807, 2.05) is 30.3 Å². The quantitative estimate of drug-likeness (QED) is 0.936. The van der Waals surface area contributed by atoms with E-state index in [0.717, 1.165) is 17.2 Å². The van der Waals surface area contributed by atoms with Crippen LogP contribution in [0.4, 0.5) is 0 Å². The van der Waals surface area contributed by atoms with Crippen molar-refractivity contribution in [3.63, 3.8) is 0 Å². The van der Waals surface area contributed by atoms with Gasteiger partial charge in [-0.25, -0.2) is 8.42 Å². The lowest BCUT2D eigenvalue weighted by atomic mass is 10.2. The van der Waals surface area contributed by atoms with Gasteiger partial charge in [-0.3, -0.25) is 4.79 Å². The molecule has 5 nitrogen and oxygen atoms in total. The Labute approximate surface area is 117 Å². The molecule has 2 atom stereocenters. The van der Waals surface area contributed by atoms with Gasteiger partial charge in [-0.05, 0) is 26.0 Å². The molecule has 0 aliphatic rings. The van der Waals surface area contributed by atoms with E-state index in [9.17, 15) is 13.2 Å². The molecule has 1 amide bonds. The Balaban J connectivity index is 2.16. The van der Waals surface area contributed by atoms with Crippen LogP contribution in [-0.2, 0) is 14.6 Å². The van der Waals surface area contributed by atoms with Gasteiger partial charge in [0.25, 0.3) is 0 Å². The number of para-hydroxylation sites is 1. The van der Waals surface area contributed by atoms with Gasteiger partial charge >= 0.3 is 0 Å². The Bertz CT molecular complexity index is 699. The highest BCUT2D eigenvalue weighted by Gasteiger charge is 2.25. The number of nitrogens with one attached hydrogen (secondary N) is 1. The van der Waals surface area contributed by atoms with Crippen LogP contribution in [0.25, 0.3) is 11.0 Å². The van der Waals surface area contributed by atoms with Crippen LogP contribution >= 0.6 is 0 Å². The molecule has 6 heteroatoms. The molecule has 0 bridgehead atoms.